The van der Waals surface area contributed by atoms with Crippen molar-refractivity contribution < 1.29 is 40.7 Å². The van der Waals surface area contributed by atoms with Gasteiger partial charge in [-0.1, -0.05) is 30.3 Å². The van der Waals surface area contributed by atoms with Gasteiger partial charge in [-0.2, -0.15) is 26.3 Å². The van der Waals surface area contributed by atoms with Crippen molar-refractivity contribution in [2.75, 3.05) is 6.61 Å². The normalized spacial score (nSPS) is 25.8. The van der Waals surface area contributed by atoms with Crippen LogP contribution >= 0.6 is 0 Å². The minimum absolute atomic E-state index is 0.0218. The fourth-order valence-electron chi connectivity index (χ4n) is 5.16. The lowest BCUT2D eigenvalue weighted by Gasteiger charge is -2.44. The number of ketones is 1. The van der Waals surface area contributed by atoms with E-state index in [0.29, 0.717) is 37.8 Å². The summed E-state index contributed by atoms with van der Waals surface area (Å²) in [7, 11) is 0. The molecular weight excluding hydrogens is 488 g/mol. The van der Waals surface area contributed by atoms with Crippen molar-refractivity contribution in [3.63, 3.8) is 0 Å². The predicted octanol–water partition coefficient (Wildman–Crippen LogP) is 6.14. The van der Waals surface area contributed by atoms with E-state index >= 15 is 0 Å². The first kappa shape index (κ1) is 26.2. The number of carbonyl (C=O) groups excluding carboxylic acids is 2. The Labute approximate surface area is 204 Å². The Bertz CT molecular complexity index is 1100. The summed E-state index contributed by atoms with van der Waals surface area (Å²) in [4.78, 5) is 24.3. The maximum absolute atomic E-state index is 13.3. The first-order valence-corrected chi connectivity index (χ1v) is 11.6. The van der Waals surface area contributed by atoms with E-state index in [1.807, 2.05) is 30.3 Å². The Morgan fingerprint density at radius 3 is 1.92 bits per heavy atom. The monoisotopic (exact) mass is 513 g/mol. The van der Waals surface area contributed by atoms with Gasteiger partial charge in [0, 0.05) is 5.41 Å². The molecule has 1 heterocycles. The molecule has 2 aromatic rings. The van der Waals surface area contributed by atoms with Gasteiger partial charge in [-0.25, -0.2) is 0 Å². The summed E-state index contributed by atoms with van der Waals surface area (Å²) >= 11 is 0. The molecule has 1 saturated carbocycles. The van der Waals surface area contributed by atoms with Gasteiger partial charge in [0.2, 0.25) is 5.91 Å². The second-order valence-corrected chi connectivity index (χ2v) is 9.67. The molecule has 1 aliphatic carbocycles. The largest absolute Gasteiger partial charge is 0.416 e. The second kappa shape index (κ2) is 9.21. The molecule has 194 valence electrons. The second-order valence-electron chi connectivity index (χ2n) is 9.67. The molecular formula is C26H25F6NO3. The minimum atomic E-state index is -4.95. The number of hydrogen-bond acceptors (Lipinski definition) is 3. The molecule has 1 amide bonds. The molecule has 4 nitrogen and oxygen atoms in total. The minimum Gasteiger partial charge on any atom is -0.373 e. The van der Waals surface area contributed by atoms with E-state index in [2.05, 4.69) is 5.32 Å². The van der Waals surface area contributed by atoms with Crippen molar-refractivity contribution in [3.05, 3.63) is 70.8 Å². The third-order valence-electron chi connectivity index (χ3n) is 7.37. The molecule has 0 bridgehead atoms. The van der Waals surface area contributed by atoms with E-state index in [-0.39, 0.29) is 36.3 Å². The van der Waals surface area contributed by atoms with Gasteiger partial charge in [0.05, 0.1) is 35.8 Å². The first-order valence-electron chi connectivity index (χ1n) is 11.6. The average Bonchev–Trinajstić information content (AvgIpc) is 3.10. The highest BCUT2D eigenvalue weighted by molar-refractivity contribution is 6.10. The summed E-state index contributed by atoms with van der Waals surface area (Å²) in [5.74, 6) is -0.478. The molecule has 2 aromatic carbocycles. The molecule has 36 heavy (non-hydrogen) atoms. The number of hydrogen-bond donors (Lipinski definition) is 1. The number of carbonyl (C=O) groups is 2. The molecule has 1 saturated heterocycles. The molecule has 0 aromatic heterocycles. The van der Waals surface area contributed by atoms with E-state index in [0.717, 1.165) is 5.56 Å². The third kappa shape index (κ3) is 5.14. The van der Waals surface area contributed by atoms with Crippen LogP contribution in [0.15, 0.2) is 48.5 Å². The predicted molar refractivity (Wildman–Crippen MR) is 118 cm³/mol. The van der Waals surface area contributed by atoms with Crippen LogP contribution in [-0.4, -0.2) is 23.8 Å². The maximum atomic E-state index is 13.3. The van der Waals surface area contributed by atoms with E-state index in [1.54, 1.807) is 0 Å². The smallest absolute Gasteiger partial charge is 0.373 e. The van der Waals surface area contributed by atoms with Gasteiger partial charge < -0.3 is 10.1 Å². The lowest BCUT2D eigenvalue weighted by atomic mass is 9.64. The SMILES string of the molecule is C[C@@H](OCC1(c2ccccc2)CCC2(CC1)NC(=O)CC2=O)c1cc(C(F)(F)F)cc(C(F)(F)F)c1. The molecule has 1 atom stereocenters. The Kier molecular flexibility index (Phi) is 6.70. The molecule has 10 heteroatoms. The van der Waals surface area contributed by atoms with Crippen LogP contribution < -0.4 is 5.32 Å². The summed E-state index contributed by atoms with van der Waals surface area (Å²) < 4.78 is 85.7. The van der Waals surface area contributed by atoms with Crippen LogP contribution in [0.5, 0.6) is 0 Å². The molecule has 1 spiro atoms. The highest BCUT2D eigenvalue weighted by Crippen LogP contribution is 2.46. The van der Waals surface area contributed by atoms with Gasteiger partial charge in [-0.15, -0.1) is 0 Å². The molecule has 2 aliphatic rings. The number of alkyl halides is 6. The number of amides is 1. The highest BCUT2D eigenvalue weighted by atomic mass is 19.4. The summed E-state index contributed by atoms with van der Waals surface area (Å²) in [6.07, 6.45) is -9.48. The van der Waals surface area contributed by atoms with E-state index < -0.39 is 40.5 Å². The fraction of sp³-hybridized carbons (Fsp3) is 0.462. The van der Waals surface area contributed by atoms with Crippen LogP contribution in [0.4, 0.5) is 26.3 Å². The van der Waals surface area contributed by atoms with E-state index in [9.17, 15) is 35.9 Å². The Balaban J connectivity index is 1.59. The number of ether oxygens (including phenoxy) is 1. The van der Waals surface area contributed by atoms with Crippen molar-refractivity contribution in [1.29, 1.82) is 0 Å². The van der Waals surface area contributed by atoms with Crippen molar-refractivity contribution in [2.24, 2.45) is 0 Å². The van der Waals surface area contributed by atoms with Crippen LogP contribution in [-0.2, 0) is 32.1 Å². The van der Waals surface area contributed by atoms with Crippen LogP contribution in [0.25, 0.3) is 0 Å². The molecule has 1 aliphatic heterocycles. The number of Topliss-reactive ketones (excluding diaryl/α,β-unsaturated/α-hetero) is 1. The molecule has 2 fully saturated rings. The lowest BCUT2D eigenvalue weighted by molar-refractivity contribution is -0.143. The van der Waals surface area contributed by atoms with Gasteiger partial charge in [0.15, 0.2) is 5.78 Å². The Hall–Kier alpha value is -2.88. The number of benzene rings is 2. The van der Waals surface area contributed by atoms with E-state index in [4.69, 9.17) is 4.74 Å². The number of halogens is 6. The summed E-state index contributed by atoms with van der Waals surface area (Å²) in [6.45, 7) is 1.44. The molecule has 0 unspecified atom stereocenters. The quantitative estimate of drug-likeness (QED) is 0.386. The molecule has 4 rings (SSSR count). The lowest BCUT2D eigenvalue weighted by Crippen LogP contribution is -2.53. The Morgan fingerprint density at radius 1 is 0.889 bits per heavy atom. The van der Waals surface area contributed by atoms with Gasteiger partial charge in [0.1, 0.15) is 0 Å². The van der Waals surface area contributed by atoms with Gasteiger partial charge >= 0.3 is 12.4 Å². The van der Waals surface area contributed by atoms with Crippen molar-refractivity contribution in [2.45, 2.75) is 68.4 Å². The fourth-order valence-corrected chi connectivity index (χ4v) is 5.16. The maximum Gasteiger partial charge on any atom is 0.416 e. The zero-order valence-corrected chi connectivity index (χ0v) is 19.4. The standard InChI is InChI=1S/C26H25F6NO3/c1-16(17-11-19(25(27,28)29)13-20(12-17)26(30,31)32)36-15-23(18-5-3-2-4-6-18)7-9-24(10-8-23)21(34)14-22(35)33-24/h2-6,11-13,16H,7-10,14-15H2,1H3,(H,33,35)/t16-,23?,24?/m1/s1. The number of rotatable bonds is 5. The topological polar surface area (TPSA) is 55.4 Å². The number of nitrogens with one attached hydrogen (secondary N) is 1. The third-order valence-corrected chi connectivity index (χ3v) is 7.37. The van der Waals surface area contributed by atoms with Crippen LogP contribution in [0.2, 0.25) is 0 Å². The molecule has 0 radical (unpaired) electrons. The highest BCUT2D eigenvalue weighted by Gasteiger charge is 2.52. The zero-order chi connectivity index (χ0) is 26.4. The van der Waals surface area contributed by atoms with Crippen LogP contribution in [0, 0.1) is 0 Å². The van der Waals surface area contributed by atoms with Gasteiger partial charge in [0.25, 0.3) is 0 Å². The average molecular weight is 513 g/mol. The van der Waals surface area contributed by atoms with Crippen molar-refractivity contribution >= 4 is 11.7 Å². The first-order chi connectivity index (χ1) is 16.7. The van der Waals surface area contributed by atoms with Crippen molar-refractivity contribution in [1.82, 2.24) is 5.32 Å². The zero-order valence-electron chi connectivity index (χ0n) is 19.4. The summed E-state index contributed by atoms with van der Waals surface area (Å²) in [5, 5.41) is 2.80. The van der Waals surface area contributed by atoms with Gasteiger partial charge in [-0.05, 0) is 61.9 Å². The summed E-state index contributed by atoms with van der Waals surface area (Å²) in [5.41, 5.74) is -3.67. The van der Waals surface area contributed by atoms with Gasteiger partial charge in [-0.3, -0.25) is 9.59 Å². The summed E-state index contributed by atoms with van der Waals surface area (Å²) in [6, 6.07) is 10.7. The molecule has 1 N–H and O–H groups in total. The van der Waals surface area contributed by atoms with Crippen molar-refractivity contribution in [3.8, 4) is 0 Å². The Morgan fingerprint density at radius 2 is 1.44 bits per heavy atom. The van der Waals surface area contributed by atoms with Crippen LogP contribution in [0.1, 0.15) is 67.4 Å². The van der Waals surface area contributed by atoms with Crippen LogP contribution in [0.3, 0.4) is 0 Å². The van der Waals surface area contributed by atoms with E-state index in [1.165, 1.54) is 6.92 Å².